The molecule has 0 spiro atoms. The molecule has 1 aromatic rings. The zero-order chi connectivity index (χ0) is 15.2. The first-order valence-electron chi connectivity index (χ1n) is 6.90. The Labute approximate surface area is 127 Å². The van der Waals surface area contributed by atoms with Crippen LogP contribution in [0.1, 0.15) is 20.3 Å². The van der Waals surface area contributed by atoms with Crippen molar-refractivity contribution in [3.05, 3.63) is 11.5 Å². The summed E-state index contributed by atoms with van der Waals surface area (Å²) in [5, 5.41) is 13.0. The van der Waals surface area contributed by atoms with E-state index in [0.717, 1.165) is 0 Å². The Hall–Kier alpha value is -1.15. The van der Waals surface area contributed by atoms with Crippen molar-refractivity contribution in [1.82, 2.24) is 9.97 Å². The number of aliphatic hydroxyl groups excluding tert-OH is 1. The molecule has 116 valence electrons. The first-order chi connectivity index (χ1) is 9.91. The van der Waals surface area contributed by atoms with E-state index in [4.69, 9.17) is 26.8 Å². The number of hydrogen-bond acceptors (Lipinski definition) is 7. The van der Waals surface area contributed by atoms with Gasteiger partial charge in [0.2, 0.25) is 0 Å². The smallest absolute Gasteiger partial charge is 0.163 e. The lowest BCUT2D eigenvalue weighted by Gasteiger charge is -2.24. The Kier molecular flexibility index (Phi) is 3.69. The molecule has 2 heterocycles. The normalized spacial score (nSPS) is 33.9. The van der Waals surface area contributed by atoms with Crippen LogP contribution in [0, 0.1) is 5.92 Å². The van der Waals surface area contributed by atoms with E-state index in [1.54, 1.807) is 0 Å². The standard InChI is InChI=1S/C13H19ClN4O3/c1-13(2)20-9-6(4-19)3-7(10(9)21-13)18-12-8(15)11(14)16-5-17-12/h5-7,9-10,19H,3-4,15H2,1-2H3,(H,16,17,18). The van der Waals surface area contributed by atoms with Crippen molar-refractivity contribution in [3.8, 4) is 0 Å². The van der Waals surface area contributed by atoms with Gasteiger partial charge in [-0.1, -0.05) is 11.6 Å². The summed E-state index contributed by atoms with van der Waals surface area (Å²) < 4.78 is 11.8. The number of nitrogens with zero attached hydrogens (tertiary/aromatic N) is 2. The molecule has 0 aromatic carbocycles. The Morgan fingerprint density at radius 1 is 1.43 bits per heavy atom. The summed E-state index contributed by atoms with van der Waals surface area (Å²) in [7, 11) is 0. The molecular weight excluding hydrogens is 296 g/mol. The molecule has 0 radical (unpaired) electrons. The van der Waals surface area contributed by atoms with E-state index < -0.39 is 5.79 Å². The number of nitrogens with two attached hydrogens (primary N) is 1. The van der Waals surface area contributed by atoms with Crippen LogP contribution in [-0.4, -0.2) is 45.7 Å². The first kappa shape index (κ1) is 14.8. The summed E-state index contributed by atoms with van der Waals surface area (Å²) in [6.07, 6.45) is 1.77. The molecule has 2 aliphatic rings. The molecule has 4 atom stereocenters. The second-order valence-electron chi connectivity index (χ2n) is 5.92. The lowest BCUT2D eigenvalue weighted by atomic mass is 10.1. The second-order valence-corrected chi connectivity index (χ2v) is 6.28. The van der Waals surface area contributed by atoms with Gasteiger partial charge in [-0.2, -0.15) is 0 Å². The molecule has 4 unspecified atom stereocenters. The topological polar surface area (TPSA) is 103 Å². The van der Waals surface area contributed by atoms with Crippen molar-refractivity contribution < 1.29 is 14.6 Å². The fraction of sp³-hybridized carbons (Fsp3) is 0.692. The van der Waals surface area contributed by atoms with Crippen molar-refractivity contribution in [2.75, 3.05) is 17.7 Å². The van der Waals surface area contributed by atoms with E-state index in [0.29, 0.717) is 17.9 Å². The number of halogens is 1. The maximum atomic E-state index is 9.53. The van der Waals surface area contributed by atoms with Crippen LogP contribution in [0.5, 0.6) is 0 Å². The average Bonchev–Trinajstić information content (AvgIpc) is 2.89. The van der Waals surface area contributed by atoms with Crippen molar-refractivity contribution in [3.63, 3.8) is 0 Å². The number of hydrogen-bond donors (Lipinski definition) is 3. The van der Waals surface area contributed by atoms with E-state index in [9.17, 15) is 5.11 Å². The highest BCUT2D eigenvalue weighted by molar-refractivity contribution is 6.32. The Bertz CT molecular complexity index is 542. The minimum Gasteiger partial charge on any atom is -0.396 e. The van der Waals surface area contributed by atoms with Gasteiger partial charge in [-0.05, 0) is 20.3 Å². The summed E-state index contributed by atoms with van der Waals surface area (Å²) in [6.45, 7) is 3.79. The number of fused-ring (bicyclic) bond motifs is 1. The summed E-state index contributed by atoms with van der Waals surface area (Å²) in [6, 6.07) is -0.0535. The molecule has 21 heavy (non-hydrogen) atoms. The zero-order valence-electron chi connectivity index (χ0n) is 11.9. The van der Waals surface area contributed by atoms with Crippen LogP contribution in [0.25, 0.3) is 0 Å². The van der Waals surface area contributed by atoms with Crippen molar-refractivity contribution >= 4 is 23.1 Å². The van der Waals surface area contributed by atoms with E-state index in [1.165, 1.54) is 6.33 Å². The van der Waals surface area contributed by atoms with Gasteiger partial charge in [-0.15, -0.1) is 0 Å². The summed E-state index contributed by atoms with van der Waals surface area (Å²) in [5.41, 5.74) is 6.18. The number of aromatic nitrogens is 2. The monoisotopic (exact) mass is 314 g/mol. The first-order valence-corrected chi connectivity index (χ1v) is 7.28. The van der Waals surface area contributed by atoms with E-state index in [2.05, 4.69) is 15.3 Å². The summed E-state index contributed by atoms with van der Waals surface area (Å²) in [4.78, 5) is 7.94. The Balaban J connectivity index is 1.81. The predicted octanol–water partition coefficient (Wildman–Crippen LogP) is 1.03. The molecule has 3 rings (SSSR count). The fourth-order valence-electron chi connectivity index (χ4n) is 3.07. The third-order valence-corrected chi connectivity index (χ3v) is 4.27. The van der Waals surface area contributed by atoms with Gasteiger partial charge in [0.05, 0.1) is 12.1 Å². The highest BCUT2D eigenvalue weighted by Crippen LogP contribution is 2.42. The average molecular weight is 315 g/mol. The third-order valence-electron chi connectivity index (χ3n) is 3.97. The minimum atomic E-state index is -0.655. The molecule has 8 heteroatoms. The molecule has 1 saturated carbocycles. The molecule has 0 amide bonds. The fourth-order valence-corrected chi connectivity index (χ4v) is 3.20. The maximum absolute atomic E-state index is 9.53. The van der Waals surface area contributed by atoms with Gasteiger partial charge < -0.3 is 25.6 Å². The quantitative estimate of drug-likeness (QED) is 0.716. The molecule has 1 saturated heterocycles. The van der Waals surface area contributed by atoms with Crippen molar-refractivity contribution in [2.45, 2.75) is 44.3 Å². The SMILES string of the molecule is CC1(C)OC2C(CO)CC(Nc3ncnc(Cl)c3N)C2O1. The predicted molar refractivity (Wildman–Crippen MR) is 77.9 cm³/mol. The molecule has 1 aliphatic carbocycles. The Morgan fingerprint density at radius 3 is 2.86 bits per heavy atom. The molecule has 2 fully saturated rings. The van der Waals surface area contributed by atoms with Crippen LogP contribution in [0.15, 0.2) is 6.33 Å². The van der Waals surface area contributed by atoms with Crippen LogP contribution >= 0.6 is 11.6 Å². The highest BCUT2D eigenvalue weighted by Gasteiger charge is 2.53. The van der Waals surface area contributed by atoms with Gasteiger partial charge >= 0.3 is 0 Å². The second kappa shape index (κ2) is 5.24. The summed E-state index contributed by atoms with van der Waals surface area (Å²) in [5.74, 6) is -0.156. The lowest BCUT2D eigenvalue weighted by Crippen LogP contribution is -2.34. The number of aliphatic hydroxyl groups is 1. The summed E-state index contributed by atoms with van der Waals surface area (Å²) >= 11 is 5.90. The molecule has 0 bridgehead atoms. The highest BCUT2D eigenvalue weighted by atomic mass is 35.5. The van der Waals surface area contributed by atoms with E-state index in [-0.39, 0.29) is 35.9 Å². The van der Waals surface area contributed by atoms with Crippen molar-refractivity contribution in [1.29, 1.82) is 0 Å². The van der Waals surface area contributed by atoms with Gasteiger partial charge in [0.15, 0.2) is 16.8 Å². The van der Waals surface area contributed by atoms with E-state index in [1.807, 2.05) is 13.8 Å². The minimum absolute atomic E-state index is 0.0211. The van der Waals surface area contributed by atoms with Gasteiger partial charge in [0.1, 0.15) is 18.1 Å². The largest absolute Gasteiger partial charge is 0.396 e. The zero-order valence-corrected chi connectivity index (χ0v) is 12.7. The van der Waals surface area contributed by atoms with Crippen LogP contribution in [0.2, 0.25) is 5.15 Å². The van der Waals surface area contributed by atoms with Crippen LogP contribution in [0.4, 0.5) is 11.5 Å². The van der Waals surface area contributed by atoms with Gasteiger partial charge in [0.25, 0.3) is 0 Å². The van der Waals surface area contributed by atoms with Gasteiger partial charge in [-0.3, -0.25) is 0 Å². The molecule has 1 aromatic heterocycles. The molecular formula is C13H19ClN4O3. The Morgan fingerprint density at radius 2 is 2.14 bits per heavy atom. The number of anilines is 2. The van der Waals surface area contributed by atoms with E-state index >= 15 is 0 Å². The number of nitrogens with one attached hydrogen (secondary N) is 1. The third kappa shape index (κ3) is 2.66. The maximum Gasteiger partial charge on any atom is 0.163 e. The van der Waals surface area contributed by atoms with Crippen molar-refractivity contribution in [2.24, 2.45) is 5.92 Å². The lowest BCUT2D eigenvalue weighted by molar-refractivity contribution is -0.158. The van der Waals surface area contributed by atoms with Crippen LogP contribution in [0.3, 0.4) is 0 Å². The number of rotatable bonds is 3. The molecule has 7 nitrogen and oxygen atoms in total. The van der Waals surface area contributed by atoms with Gasteiger partial charge in [-0.25, -0.2) is 9.97 Å². The van der Waals surface area contributed by atoms with Crippen LogP contribution < -0.4 is 11.1 Å². The number of ether oxygens (including phenoxy) is 2. The number of nitrogen functional groups attached to an aromatic ring is 1. The van der Waals surface area contributed by atoms with Gasteiger partial charge in [0, 0.05) is 12.5 Å². The molecule has 1 aliphatic heterocycles. The molecule has 4 N–H and O–H groups in total. The van der Waals surface area contributed by atoms with Crippen LogP contribution in [-0.2, 0) is 9.47 Å².